The molecule has 2 amide bonds. The van der Waals surface area contributed by atoms with Crippen molar-refractivity contribution in [3.05, 3.63) is 24.3 Å². The molecule has 0 radical (unpaired) electrons. The number of methoxy groups -OCH3 is 1. The van der Waals surface area contributed by atoms with Crippen molar-refractivity contribution < 1.29 is 14.3 Å². The van der Waals surface area contributed by atoms with Gasteiger partial charge >= 0.3 is 0 Å². The van der Waals surface area contributed by atoms with E-state index in [-0.39, 0.29) is 6.42 Å². The van der Waals surface area contributed by atoms with Crippen molar-refractivity contribution in [3.8, 4) is 5.75 Å². The molecule has 1 atom stereocenters. The number of para-hydroxylation sites is 2. The molecule has 0 aliphatic rings. The second kappa shape index (κ2) is 8.79. The smallest absolute Gasteiger partial charge is 0.221 e. The molecule has 0 spiro atoms. The van der Waals surface area contributed by atoms with Gasteiger partial charge in [0.2, 0.25) is 11.8 Å². The summed E-state index contributed by atoms with van der Waals surface area (Å²) in [5, 5.41) is 0. The number of anilines is 1. The van der Waals surface area contributed by atoms with Crippen LogP contribution in [0, 0.1) is 5.92 Å². The second-order valence-corrected chi connectivity index (χ2v) is 3.92. The fraction of sp³-hybridized carbons (Fsp3) is 0.385. The Balaban J connectivity index is 0.000000342. The van der Waals surface area contributed by atoms with Gasteiger partial charge in [0.1, 0.15) is 5.75 Å². The first-order valence-corrected chi connectivity index (χ1v) is 5.88. The van der Waals surface area contributed by atoms with Gasteiger partial charge in [0, 0.05) is 12.3 Å². The number of benzene rings is 1. The van der Waals surface area contributed by atoms with Crippen LogP contribution in [0.2, 0.25) is 0 Å². The number of ether oxygens (including phenoxy) is 1. The topological polar surface area (TPSA) is 121 Å². The van der Waals surface area contributed by atoms with Gasteiger partial charge in [0.15, 0.2) is 0 Å². The first-order chi connectivity index (χ1) is 8.92. The molecule has 0 aromatic heterocycles. The summed E-state index contributed by atoms with van der Waals surface area (Å²) in [6, 6.07) is 7.39. The van der Waals surface area contributed by atoms with Gasteiger partial charge < -0.3 is 21.9 Å². The van der Waals surface area contributed by atoms with E-state index in [1.807, 2.05) is 18.2 Å². The quantitative estimate of drug-likeness (QED) is 0.678. The minimum Gasteiger partial charge on any atom is -0.495 e. The lowest BCUT2D eigenvalue weighted by Crippen LogP contribution is -2.27. The van der Waals surface area contributed by atoms with Crippen LogP contribution in [0.25, 0.3) is 0 Å². The lowest BCUT2D eigenvalue weighted by atomic mass is 10.0. The van der Waals surface area contributed by atoms with Crippen LogP contribution in [-0.4, -0.2) is 18.9 Å². The molecule has 0 bridgehead atoms. The normalized spacial score (nSPS) is 10.8. The fourth-order valence-electron chi connectivity index (χ4n) is 1.36. The summed E-state index contributed by atoms with van der Waals surface area (Å²) in [6.45, 7) is 1.79. The predicted molar refractivity (Wildman–Crippen MR) is 74.2 cm³/mol. The summed E-state index contributed by atoms with van der Waals surface area (Å²) in [5.41, 5.74) is 16.0. The minimum atomic E-state index is -0.481. The van der Waals surface area contributed by atoms with Crippen LogP contribution in [0.4, 0.5) is 5.69 Å². The molecule has 1 unspecified atom stereocenters. The first kappa shape index (κ1) is 16.8. The Labute approximate surface area is 112 Å². The number of carbonyl (C=O) groups excluding carboxylic acids is 2. The van der Waals surface area contributed by atoms with Crippen LogP contribution >= 0.6 is 0 Å². The van der Waals surface area contributed by atoms with Crippen molar-refractivity contribution in [2.75, 3.05) is 12.8 Å². The largest absolute Gasteiger partial charge is 0.495 e. The number of carbonyl (C=O) groups is 2. The summed E-state index contributed by atoms with van der Waals surface area (Å²) >= 11 is 0. The maximum atomic E-state index is 10.5. The molecule has 1 aromatic rings. The van der Waals surface area contributed by atoms with Crippen molar-refractivity contribution in [1.29, 1.82) is 0 Å². The van der Waals surface area contributed by atoms with E-state index in [2.05, 4.69) is 0 Å². The van der Waals surface area contributed by atoms with E-state index in [1.165, 1.54) is 0 Å². The van der Waals surface area contributed by atoms with Crippen molar-refractivity contribution in [2.45, 2.75) is 19.8 Å². The highest BCUT2D eigenvalue weighted by atomic mass is 16.5. The summed E-state index contributed by atoms with van der Waals surface area (Å²) in [4.78, 5) is 20.8. The third-order valence-corrected chi connectivity index (χ3v) is 2.48. The van der Waals surface area contributed by atoms with Gasteiger partial charge in [-0.25, -0.2) is 0 Å². The van der Waals surface area contributed by atoms with E-state index in [0.717, 1.165) is 5.75 Å². The summed E-state index contributed by atoms with van der Waals surface area (Å²) in [7, 11) is 1.60. The highest BCUT2D eigenvalue weighted by Gasteiger charge is 2.14. The van der Waals surface area contributed by atoms with Gasteiger partial charge in [0.25, 0.3) is 0 Å². The number of hydrogen-bond acceptors (Lipinski definition) is 4. The molecule has 19 heavy (non-hydrogen) atoms. The molecule has 0 aliphatic heterocycles. The third-order valence-electron chi connectivity index (χ3n) is 2.48. The zero-order valence-electron chi connectivity index (χ0n) is 11.3. The van der Waals surface area contributed by atoms with Crippen LogP contribution < -0.4 is 21.9 Å². The van der Waals surface area contributed by atoms with Crippen molar-refractivity contribution in [2.24, 2.45) is 17.4 Å². The van der Waals surface area contributed by atoms with Gasteiger partial charge in [0.05, 0.1) is 12.8 Å². The monoisotopic (exact) mass is 267 g/mol. The Morgan fingerprint density at radius 3 is 2.11 bits per heavy atom. The number of amides is 2. The number of hydrogen-bond donors (Lipinski definition) is 3. The van der Waals surface area contributed by atoms with E-state index in [9.17, 15) is 9.59 Å². The molecule has 0 saturated carbocycles. The minimum absolute atomic E-state index is 0.0613. The van der Waals surface area contributed by atoms with Crippen LogP contribution in [0.1, 0.15) is 19.8 Å². The SMILES string of the molecule is CCC(CC(N)=O)C(N)=O.COc1ccccc1N. The van der Waals surface area contributed by atoms with E-state index < -0.39 is 17.7 Å². The third kappa shape index (κ3) is 6.92. The molecular formula is C13H21N3O3. The zero-order valence-corrected chi connectivity index (χ0v) is 11.3. The first-order valence-electron chi connectivity index (χ1n) is 5.88. The Kier molecular flexibility index (Phi) is 7.76. The van der Waals surface area contributed by atoms with Gasteiger partial charge in [-0.1, -0.05) is 19.1 Å². The Morgan fingerprint density at radius 1 is 1.26 bits per heavy atom. The van der Waals surface area contributed by atoms with E-state index in [4.69, 9.17) is 21.9 Å². The van der Waals surface area contributed by atoms with E-state index >= 15 is 0 Å². The molecule has 1 rings (SSSR count). The van der Waals surface area contributed by atoms with Crippen LogP contribution in [0.3, 0.4) is 0 Å². The van der Waals surface area contributed by atoms with E-state index in [0.29, 0.717) is 12.1 Å². The second-order valence-electron chi connectivity index (χ2n) is 3.92. The van der Waals surface area contributed by atoms with E-state index in [1.54, 1.807) is 20.1 Å². The average Bonchev–Trinajstić information content (AvgIpc) is 2.36. The summed E-state index contributed by atoms with van der Waals surface area (Å²) in [6.07, 6.45) is 0.629. The highest BCUT2D eigenvalue weighted by molar-refractivity contribution is 5.83. The lowest BCUT2D eigenvalue weighted by molar-refractivity contribution is -0.127. The summed E-state index contributed by atoms with van der Waals surface area (Å²) in [5.74, 6) is -0.595. The van der Waals surface area contributed by atoms with Gasteiger partial charge in [-0.3, -0.25) is 9.59 Å². The van der Waals surface area contributed by atoms with Gasteiger partial charge in [-0.05, 0) is 18.6 Å². The molecule has 6 heteroatoms. The van der Waals surface area contributed by atoms with Crippen LogP contribution in [-0.2, 0) is 9.59 Å². The van der Waals surface area contributed by atoms with Gasteiger partial charge in [-0.15, -0.1) is 0 Å². The molecule has 0 heterocycles. The average molecular weight is 267 g/mol. The molecule has 6 nitrogen and oxygen atoms in total. The molecule has 6 N–H and O–H groups in total. The molecule has 0 saturated heterocycles. The number of nitrogens with two attached hydrogens (primary N) is 3. The Hall–Kier alpha value is -2.24. The zero-order chi connectivity index (χ0) is 14.8. The lowest BCUT2D eigenvalue weighted by Gasteiger charge is -2.05. The molecule has 106 valence electrons. The number of primary amides is 2. The van der Waals surface area contributed by atoms with Crippen molar-refractivity contribution >= 4 is 17.5 Å². The van der Waals surface area contributed by atoms with Crippen LogP contribution in [0.5, 0.6) is 5.75 Å². The summed E-state index contributed by atoms with van der Waals surface area (Å²) < 4.78 is 4.92. The fourth-order valence-corrected chi connectivity index (χ4v) is 1.36. The molecule has 0 fully saturated rings. The maximum absolute atomic E-state index is 10.5. The molecule has 1 aromatic carbocycles. The van der Waals surface area contributed by atoms with Crippen molar-refractivity contribution in [1.82, 2.24) is 0 Å². The number of nitrogen functional groups attached to an aromatic ring is 1. The standard InChI is InChI=1S/C7H9NO.C6H12N2O2/c1-9-7-5-3-2-4-6(7)8;1-2-4(6(8)10)3-5(7)9/h2-5H,8H2,1H3;4H,2-3H2,1H3,(H2,7,9)(H2,8,10). The highest BCUT2D eigenvalue weighted by Crippen LogP contribution is 2.18. The maximum Gasteiger partial charge on any atom is 0.221 e. The Bertz CT molecular complexity index is 421. The Morgan fingerprint density at radius 2 is 1.84 bits per heavy atom. The number of rotatable bonds is 5. The molecule has 0 aliphatic carbocycles. The molecular weight excluding hydrogens is 246 g/mol. The van der Waals surface area contributed by atoms with Gasteiger partial charge in [-0.2, -0.15) is 0 Å². The predicted octanol–water partition coefficient (Wildman–Crippen LogP) is 0.651. The van der Waals surface area contributed by atoms with Crippen LogP contribution in [0.15, 0.2) is 24.3 Å². The van der Waals surface area contributed by atoms with Crippen molar-refractivity contribution in [3.63, 3.8) is 0 Å².